The van der Waals surface area contributed by atoms with Crippen LogP contribution in [0, 0.1) is 0 Å². The first kappa shape index (κ1) is 15.0. The van der Waals surface area contributed by atoms with Gasteiger partial charge in [-0.3, -0.25) is 4.79 Å². The molecule has 0 fully saturated rings. The number of carbonyl (C=O) groups excluding carboxylic acids is 1. The summed E-state index contributed by atoms with van der Waals surface area (Å²) in [4.78, 5) is 11.6. The summed E-state index contributed by atoms with van der Waals surface area (Å²) in [5.41, 5.74) is 1.07. The molecular weight excluding hydrogens is 294 g/mol. The lowest BCUT2D eigenvalue weighted by Crippen LogP contribution is -2.32. The molecule has 0 radical (unpaired) electrons. The highest BCUT2D eigenvalue weighted by Crippen LogP contribution is 2.18. The zero-order valence-corrected chi connectivity index (χ0v) is 12.7. The Hall–Kier alpha value is -1.03. The highest BCUT2D eigenvalue weighted by atomic mass is 79.9. The highest BCUT2D eigenvalue weighted by Gasteiger charge is 2.15. The number of nitrogens with one attached hydrogen (secondary N) is 1. The van der Waals surface area contributed by atoms with Crippen LogP contribution in [-0.2, 0) is 4.79 Å². The van der Waals surface area contributed by atoms with Gasteiger partial charge in [0.2, 0.25) is 5.91 Å². The van der Waals surface area contributed by atoms with E-state index in [9.17, 15) is 4.79 Å². The number of rotatable bonds is 6. The van der Waals surface area contributed by atoms with Crippen LogP contribution in [-0.4, -0.2) is 17.3 Å². The van der Waals surface area contributed by atoms with E-state index in [1.807, 2.05) is 45.0 Å². The lowest BCUT2D eigenvalue weighted by Gasteiger charge is -2.16. The average Bonchev–Trinajstić information content (AvgIpc) is 2.38. The van der Waals surface area contributed by atoms with Crippen molar-refractivity contribution in [1.29, 1.82) is 0 Å². The molecule has 0 bridgehead atoms. The van der Waals surface area contributed by atoms with Gasteiger partial charge in [0, 0.05) is 0 Å². The molecule has 4 heteroatoms. The standard InChI is InChI=1S/C14H20BrNO2/c1-4-13(15)14(17)16-10(3)11-6-8-12(9-7-11)18-5-2/h6-10,13H,4-5H2,1-3H3,(H,16,17). The molecule has 0 saturated carbocycles. The Morgan fingerprint density at radius 3 is 2.44 bits per heavy atom. The summed E-state index contributed by atoms with van der Waals surface area (Å²) >= 11 is 3.34. The van der Waals surface area contributed by atoms with Gasteiger partial charge in [0.05, 0.1) is 17.5 Å². The summed E-state index contributed by atoms with van der Waals surface area (Å²) in [7, 11) is 0. The van der Waals surface area contributed by atoms with Crippen LogP contribution in [0.4, 0.5) is 0 Å². The molecule has 100 valence electrons. The molecule has 0 aromatic heterocycles. The summed E-state index contributed by atoms with van der Waals surface area (Å²) in [6.45, 7) is 6.56. The van der Waals surface area contributed by atoms with Crippen molar-refractivity contribution in [2.24, 2.45) is 0 Å². The smallest absolute Gasteiger partial charge is 0.234 e. The Morgan fingerprint density at radius 1 is 1.33 bits per heavy atom. The molecule has 0 heterocycles. The molecule has 2 atom stereocenters. The third kappa shape index (κ3) is 4.33. The van der Waals surface area contributed by atoms with Crippen molar-refractivity contribution < 1.29 is 9.53 Å². The van der Waals surface area contributed by atoms with Gasteiger partial charge in [-0.25, -0.2) is 0 Å². The number of hydrogen-bond acceptors (Lipinski definition) is 2. The van der Waals surface area contributed by atoms with Crippen molar-refractivity contribution >= 4 is 21.8 Å². The van der Waals surface area contributed by atoms with Crippen LogP contribution in [0.3, 0.4) is 0 Å². The van der Waals surface area contributed by atoms with E-state index in [-0.39, 0.29) is 16.8 Å². The van der Waals surface area contributed by atoms with Crippen LogP contribution in [0.2, 0.25) is 0 Å². The lowest BCUT2D eigenvalue weighted by atomic mass is 10.1. The van der Waals surface area contributed by atoms with Gasteiger partial charge in [0.15, 0.2) is 0 Å². The van der Waals surface area contributed by atoms with Gasteiger partial charge in [-0.2, -0.15) is 0 Å². The van der Waals surface area contributed by atoms with Crippen molar-refractivity contribution in [2.45, 2.75) is 38.1 Å². The second kappa shape index (κ2) is 7.41. The molecule has 1 rings (SSSR count). The summed E-state index contributed by atoms with van der Waals surface area (Å²) in [5.74, 6) is 0.880. The number of amides is 1. The predicted octanol–water partition coefficient (Wildman–Crippen LogP) is 3.44. The minimum absolute atomic E-state index is 0.000207. The number of hydrogen-bond donors (Lipinski definition) is 1. The van der Waals surface area contributed by atoms with E-state index in [1.165, 1.54) is 0 Å². The summed E-state index contributed by atoms with van der Waals surface area (Å²) in [6.07, 6.45) is 0.780. The molecule has 1 N–H and O–H groups in total. The van der Waals surface area contributed by atoms with Crippen molar-refractivity contribution in [3.05, 3.63) is 29.8 Å². The molecule has 3 nitrogen and oxygen atoms in total. The first-order valence-electron chi connectivity index (χ1n) is 6.25. The molecule has 0 aliphatic rings. The third-order valence-corrected chi connectivity index (χ3v) is 3.76. The van der Waals surface area contributed by atoms with Crippen LogP contribution in [0.15, 0.2) is 24.3 Å². The Kier molecular flexibility index (Phi) is 6.19. The van der Waals surface area contributed by atoms with Gasteiger partial charge in [0.1, 0.15) is 5.75 Å². The van der Waals surface area contributed by atoms with Crippen LogP contribution < -0.4 is 10.1 Å². The van der Waals surface area contributed by atoms with Crippen molar-refractivity contribution in [1.82, 2.24) is 5.32 Å². The summed E-state index contributed by atoms with van der Waals surface area (Å²) in [6, 6.07) is 7.80. The summed E-state index contributed by atoms with van der Waals surface area (Å²) < 4.78 is 5.38. The lowest BCUT2D eigenvalue weighted by molar-refractivity contribution is -0.121. The maximum absolute atomic E-state index is 11.7. The maximum Gasteiger partial charge on any atom is 0.234 e. The SMILES string of the molecule is CCOc1ccc(C(C)NC(=O)C(Br)CC)cc1. The first-order valence-corrected chi connectivity index (χ1v) is 7.17. The number of ether oxygens (including phenoxy) is 1. The van der Waals surface area contributed by atoms with Gasteiger partial charge in [-0.1, -0.05) is 35.0 Å². The van der Waals surface area contributed by atoms with Crippen LogP contribution in [0.25, 0.3) is 0 Å². The molecule has 1 aromatic rings. The molecule has 0 saturated heterocycles. The molecule has 0 aliphatic heterocycles. The number of carbonyl (C=O) groups is 1. The molecule has 0 aliphatic carbocycles. The Labute approximate surface area is 117 Å². The molecule has 2 unspecified atom stereocenters. The monoisotopic (exact) mass is 313 g/mol. The average molecular weight is 314 g/mol. The first-order chi connectivity index (χ1) is 8.58. The summed E-state index contributed by atoms with van der Waals surface area (Å²) in [5, 5.41) is 2.97. The van der Waals surface area contributed by atoms with E-state index in [1.54, 1.807) is 0 Å². The van der Waals surface area contributed by atoms with Crippen LogP contribution in [0.5, 0.6) is 5.75 Å². The molecule has 1 amide bonds. The van der Waals surface area contributed by atoms with E-state index in [2.05, 4.69) is 21.2 Å². The Morgan fingerprint density at radius 2 is 1.94 bits per heavy atom. The number of alkyl halides is 1. The fourth-order valence-electron chi connectivity index (χ4n) is 1.59. The number of halogens is 1. The molecular formula is C14H20BrNO2. The highest BCUT2D eigenvalue weighted by molar-refractivity contribution is 9.10. The predicted molar refractivity (Wildman–Crippen MR) is 77.2 cm³/mol. The van der Waals surface area contributed by atoms with Crippen molar-refractivity contribution in [2.75, 3.05) is 6.61 Å². The zero-order valence-electron chi connectivity index (χ0n) is 11.1. The third-order valence-electron chi connectivity index (χ3n) is 2.69. The minimum atomic E-state index is -0.123. The topological polar surface area (TPSA) is 38.3 Å². The second-order valence-electron chi connectivity index (χ2n) is 4.11. The van der Waals surface area contributed by atoms with Crippen molar-refractivity contribution in [3.63, 3.8) is 0 Å². The maximum atomic E-state index is 11.7. The molecule has 1 aromatic carbocycles. The number of benzene rings is 1. The van der Waals surface area contributed by atoms with Crippen LogP contribution >= 0.6 is 15.9 Å². The normalized spacial score (nSPS) is 13.8. The Balaban J connectivity index is 2.61. The largest absolute Gasteiger partial charge is 0.494 e. The van der Waals surface area contributed by atoms with E-state index < -0.39 is 0 Å². The Bertz CT molecular complexity index is 378. The van der Waals surface area contributed by atoms with Gasteiger partial charge in [0.25, 0.3) is 0 Å². The van der Waals surface area contributed by atoms with Gasteiger partial charge < -0.3 is 10.1 Å². The van der Waals surface area contributed by atoms with Gasteiger partial charge >= 0.3 is 0 Å². The fraction of sp³-hybridized carbons (Fsp3) is 0.500. The van der Waals surface area contributed by atoms with Crippen molar-refractivity contribution in [3.8, 4) is 5.75 Å². The van der Waals surface area contributed by atoms with Crippen LogP contribution in [0.1, 0.15) is 38.8 Å². The zero-order chi connectivity index (χ0) is 13.5. The molecule has 0 spiro atoms. The van der Waals surface area contributed by atoms with E-state index in [0.29, 0.717) is 6.61 Å². The van der Waals surface area contributed by atoms with E-state index >= 15 is 0 Å². The molecule has 18 heavy (non-hydrogen) atoms. The quantitative estimate of drug-likeness (QED) is 0.817. The van der Waals surface area contributed by atoms with E-state index in [4.69, 9.17) is 4.74 Å². The van der Waals surface area contributed by atoms with Gasteiger partial charge in [-0.15, -0.1) is 0 Å². The second-order valence-corrected chi connectivity index (χ2v) is 5.21. The fourth-order valence-corrected chi connectivity index (χ4v) is 1.72. The van der Waals surface area contributed by atoms with E-state index in [0.717, 1.165) is 17.7 Å². The minimum Gasteiger partial charge on any atom is -0.494 e. The van der Waals surface area contributed by atoms with Gasteiger partial charge in [-0.05, 0) is 38.0 Å².